The van der Waals surface area contributed by atoms with Crippen molar-refractivity contribution in [3.8, 4) is 0 Å². The highest BCUT2D eigenvalue weighted by Gasteiger charge is 1.97. The third-order valence-electron chi connectivity index (χ3n) is 1.99. The Bertz CT molecular complexity index is 350. The van der Waals surface area contributed by atoms with E-state index in [4.69, 9.17) is 42.6 Å². The van der Waals surface area contributed by atoms with E-state index >= 15 is 0 Å². The van der Waals surface area contributed by atoms with Crippen LogP contribution in [0.3, 0.4) is 0 Å². The Hall–Kier alpha value is -2.60. The van der Waals surface area contributed by atoms with Crippen LogP contribution in [0.5, 0.6) is 0 Å². The molecule has 0 aromatic heterocycles. The molecule has 0 aromatic carbocycles. The minimum Gasteiger partial charge on any atom is -0.377 e. The van der Waals surface area contributed by atoms with Crippen molar-refractivity contribution in [3.63, 3.8) is 0 Å². The molecule has 0 rings (SSSR count). The van der Waals surface area contributed by atoms with Crippen LogP contribution in [0.25, 0.3) is 0 Å². The third-order valence-corrected chi connectivity index (χ3v) is 1.99. The molecule has 0 unspecified atom stereocenters. The van der Waals surface area contributed by atoms with Gasteiger partial charge in [0.2, 0.25) is 0 Å². The van der Waals surface area contributed by atoms with Crippen molar-refractivity contribution in [3.05, 3.63) is 0 Å². The number of nitrogens with two attached hydrogens (primary N) is 2. The van der Waals surface area contributed by atoms with Gasteiger partial charge >= 0.3 is 0 Å². The number of hydrogen-bond donors (Lipinski definition) is 10. The van der Waals surface area contributed by atoms with Gasteiger partial charge in [0.15, 0.2) is 23.8 Å². The van der Waals surface area contributed by atoms with Crippen molar-refractivity contribution in [2.45, 2.75) is 0 Å². The molecule has 0 saturated carbocycles. The maximum Gasteiger partial charge on any atom is 0.195 e. The lowest BCUT2D eigenvalue weighted by Gasteiger charge is -2.10. The van der Waals surface area contributed by atoms with Crippen LogP contribution < -0.4 is 32.7 Å². The van der Waals surface area contributed by atoms with Gasteiger partial charge in [-0.15, -0.1) is 0 Å². The van der Waals surface area contributed by atoms with Gasteiger partial charge in [-0.1, -0.05) is 0 Å². The Morgan fingerprint density at radius 3 is 1.36 bits per heavy atom. The highest BCUT2D eigenvalue weighted by atomic mass is 16.5. The van der Waals surface area contributed by atoms with Crippen LogP contribution in [-0.4, -0.2) is 63.4 Å². The van der Waals surface area contributed by atoms with Crippen molar-refractivity contribution < 1.29 is 9.47 Å². The lowest BCUT2D eigenvalue weighted by Crippen LogP contribution is -2.44. The number of ether oxygens (including phenoxy) is 2. The summed E-state index contributed by atoms with van der Waals surface area (Å²) >= 11 is 0. The molecular formula is C10H24N10O2. The minimum absolute atomic E-state index is 0.0555. The highest BCUT2D eigenvalue weighted by molar-refractivity contribution is 5.95. The smallest absolute Gasteiger partial charge is 0.195 e. The van der Waals surface area contributed by atoms with Crippen LogP contribution in [0.2, 0.25) is 0 Å². The van der Waals surface area contributed by atoms with Crippen LogP contribution in [0.4, 0.5) is 0 Å². The number of guanidine groups is 4. The average molecular weight is 316 g/mol. The Balaban J connectivity index is 3.27. The Labute approximate surface area is 128 Å². The van der Waals surface area contributed by atoms with E-state index in [2.05, 4.69) is 21.3 Å². The van der Waals surface area contributed by atoms with Crippen molar-refractivity contribution >= 4 is 23.8 Å². The quantitative estimate of drug-likeness (QED) is 0.120. The normalized spacial score (nSPS) is 9.64. The van der Waals surface area contributed by atoms with E-state index in [1.165, 1.54) is 0 Å². The monoisotopic (exact) mass is 316 g/mol. The van der Waals surface area contributed by atoms with E-state index in [0.717, 1.165) is 0 Å². The molecule has 0 aliphatic heterocycles. The molecule has 0 aromatic rings. The lowest BCUT2D eigenvalue weighted by molar-refractivity contribution is 0.0518. The van der Waals surface area contributed by atoms with Gasteiger partial charge in [-0.05, 0) is 0 Å². The fourth-order valence-electron chi connectivity index (χ4n) is 1.18. The first-order chi connectivity index (χ1) is 10.4. The van der Waals surface area contributed by atoms with Crippen molar-refractivity contribution in [1.82, 2.24) is 21.3 Å². The largest absolute Gasteiger partial charge is 0.377 e. The van der Waals surface area contributed by atoms with Gasteiger partial charge in [0.1, 0.15) is 0 Å². The molecule has 0 atom stereocenters. The second-order valence-electron chi connectivity index (χ2n) is 3.91. The maximum atomic E-state index is 7.31. The van der Waals surface area contributed by atoms with Crippen LogP contribution >= 0.6 is 0 Å². The van der Waals surface area contributed by atoms with E-state index in [-0.39, 0.29) is 23.8 Å². The van der Waals surface area contributed by atoms with E-state index in [1.807, 2.05) is 0 Å². The van der Waals surface area contributed by atoms with Crippen molar-refractivity contribution in [1.29, 1.82) is 21.6 Å². The molecule has 12 heteroatoms. The van der Waals surface area contributed by atoms with Gasteiger partial charge in [0.25, 0.3) is 0 Å². The van der Waals surface area contributed by atoms with Crippen LogP contribution in [0.1, 0.15) is 0 Å². The molecule has 126 valence electrons. The summed E-state index contributed by atoms with van der Waals surface area (Å²) in [5, 5.41) is 38.4. The van der Waals surface area contributed by atoms with Crippen LogP contribution in [0.15, 0.2) is 0 Å². The predicted octanol–water partition coefficient (Wildman–Crippen LogP) is -2.97. The summed E-state index contributed by atoms with van der Waals surface area (Å²) in [7, 11) is 0. The summed E-state index contributed by atoms with van der Waals surface area (Å²) in [6.07, 6.45) is 0. The van der Waals surface area contributed by atoms with Crippen molar-refractivity contribution in [2.75, 3.05) is 39.5 Å². The summed E-state index contributed by atoms with van der Waals surface area (Å²) in [4.78, 5) is 0. The van der Waals surface area contributed by atoms with E-state index in [0.29, 0.717) is 39.5 Å². The van der Waals surface area contributed by atoms with E-state index in [1.54, 1.807) is 0 Å². The molecule has 22 heavy (non-hydrogen) atoms. The number of rotatable bonds is 9. The second-order valence-corrected chi connectivity index (χ2v) is 3.91. The molecule has 0 amide bonds. The van der Waals surface area contributed by atoms with Gasteiger partial charge in [-0.25, -0.2) is 0 Å². The summed E-state index contributed by atoms with van der Waals surface area (Å²) < 4.78 is 10.5. The van der Waals surface area contributed by atoms with Gasteiger partial charge < -0.3 is 31.6 Å². The Kier molecular flexibility index (Phi) is 10.7. The van der Waals surface area contributed by atoms with Gasteiger partial charge in [-0.2, -0.15) is 0 Å². The van der Waals surface area contributed by atoms with E-state index in [9.17, 15) is 0 Å². The average Bonchev–Trinajstić information content (AvgIpc) is 2.39. The molecule has 0 aliphatic rings. The molecule has 12 nitrogen and oxygen atoms in total. The van der Waals surface area contributed by atoms with Crippen molar-refractivity contribution in [2.24, 2.45) is 11.5 Å². The Morgan fingerprint density at radius 2 is 1.05 bits per heavy atom. The predicted molar refractivity (Wildman–Crippen MR) is 83.2 cm³/mol. The second kappa shape index (κ2) is 12.2. The summed E-state index contributed by atoms with van der Waals surface area (Å²) in [5.41, 5.74) is 10.1. The first-order valence-corrected chi connectivity index (χ1v) is 6.44. The fraction of sp³-hybridized carbons (Fsp3) is 0.600. The molecule has 0 aliphatic carbocycles. The first-order valence-electron chi connectivity index (χ1n) is 6.44. The maximum absolute atomic E-state index is 7.31. The Morgan fingerprint density at radius 1 is 0.682 bits per heavy atom. The van der Waals surface area contributed by atoms with Crippen LogP contribution in [0, 0.1) is 21.6 Å². The third kappa shape index (κ3) is 13.8. The molecule has 0 heterocycles. The lowest BCUT2D eigenvalue weighted by atomic mass is 10.6. The van der Waals surface area contributed by atoms with Gasteiger partial charge in [-0.3, -0.25) is 32.3 Å². The van der Waals surface area contributed by atoms with Crippen LogP contribution in [-0.2, 0) is 9.47 Å². The highest BCUT2D eigenvalue weighted by Crippen LogP contribution is 1.78. The molecule has 0 saturated heterocycles. The molecule has 0 bridgehead atoms. The molecule has 0 fully saturated rings. The first kappa shape index (κ1) is 19.4. The SMILES string of the molecule is N=C(N)NC(=N)NCCOCCOCCNC(=N)NC(=N)N. The summed E-state index contributed by atoms with van der Waals surface area (Å²) in [6, 6.07) is 0. The summed E-state index contributed by atoms with van der Waals surface area (Å²) in [6.45, 7) is 2.40. The van der Waals surface area contributed by atoms with Gasteiger partial charge in [0.05, 0.1) is 26.4 Å². The zero-order valence-electron chi connectivity index (χ0n) is 12.2. The minimum atomic E-state index is -0.299. The zero-order valence-corrected chi connectivity index (χ0v) is 12.2. The van der Waals surface area contributed by atoms with Gasteiger partial charge in [0, 0.05) is 13.1 Å². The molecule has 0 spiro atoms. The fourth-order valence-corrected chi connectivity index (χ4v) is 1.18. The topological polar surface area (TPSA) is 214 Å². The molecular weight excluding hydrogens is 292 g/mol. The number of nitrogens with one attached hydrogen (secondary N) is 8. The molecule has 0 radical (unpaired) electrons. The molecule has 12 N–H and O–H groups in total. The standard InChI is InChI=1S/C10H24N10O2/c11-7(12)19-9(15)17-1-3-21-5-6-22-4-2-18-10(16)20-8(13)14/h1-6H2,(H6,11,12,15,17,19)(H6,13,14,16,18,20). The number of hydrogen-bond acceptors (Lipinski definition) is 6. The van der Waals surface area contributed by atoms with E-state index < -0.39 is 0 Å². The zero-order chi connectivity index (χ0) is 16.8. The summed E-state index contributed by atoms with van der Waals surface area (Å²) in [5.74, 6) is -0.709.